The van der Waals surface area contributed by atoms with Crippen molar-refractivity contribution in [1.29, 1.82) is 0 Å². The molecule has 1 heterocycles. The van der Waals surface area contributed by atoms with E-state index in [4.69, 9.17) is 5.11 Å². The Morgan fingerprint density at radius 1 is 1.24 bits per heavy atom. The van der Waals surface area contributed by atoms with E-state index in [-0.39, 0.29) is 18.9 Å². The Labute approximate surface area is 126 Å². The van der Waals surface area contributed by atoms with E-state index in [1.807, 2.05) is 35.7 Å². The molecule has 21 heavy (non-hydrogen) atoms. The van der Waals surface area contributed by atoms with Crippen molar-refractivity contribution in [1.82, 2.24) is 9.88 Å². The summed E-state index contributed by atoms with van der Waals surface area (Å²) in [5.41, 5.74) is 0.918. The molecule has 0 atom stereocenters. The van der Waals surface area contributed by atoms with E-state index >= 15 is 0 Å². The molecular weight excluding hydrogens is 288 g/mol. The smallest absolute Gasteiger partial charge is 0.323 e. The second-order valence-electron chi connectivity index (χ2n) is 4.55. The number of aromatic nitrogens is 1. The van der Waals surface area contributed by atoms with E-state index in [2.05, 4.69) is 4.98 Å². The van der Waals surface area contributed by atoms with Gasteiger partial charge in [-0.15, -0.1) is 11.3 Å². The third-order valence-electron chi connectivity index (χ3n) is 2.93. The van der Waals surface area contributed by atoms with Crippen molar-refractivity contribution in [2.45, 2.75) is 19.4 Å². The number of carbonyl (C=O) groups excluding carboxylic acids is 1. The highest BCUT2D eigenvalue weighted by molar-refractivity contribution is 7.09. The van der Waals surface area contributed by atoms with Crippen LogP contribution in [-0.2, 0) is 22.6 Å². The molecule has 1 N–H and O–H groups in total. The highest BCUT2D eigenvalue weighted by Crippen LogP contribution is 2.10. The van der Waals surface area contributed by atoms with Crippen LogP contribution in [0.4, 0.5) is 0 Å². The van der Waals surface area contributed by atoms with Gasteiger partial charge in [0.1, 0.15) is 6.54 Å². The maximum Gasteiger partial charge on any atom is 0.323 e. The zero-order chi connectivity index (χ0) is 15.1. The number of rotatable bonds is 7. The number of amides is 1. The zero-order valence-electron chi connectivity index (χ0n) is 11.4. The Bertz CT molecular complexity index is 584. The van der Waals surface area contributed by atoms with Crippen LogP contribution in [0, 0.1) is 0 Å². The highest BCUT2D eigenvalue weighted by Gasteiger charge is 2.17. The lowest BCUT2D eigenvalue weighted by Crippen LogP contribution is -2.35. The number of carboxylic acid groups (broad SMARTS) is 1. The summed E-state index contributed by atoms with van der Waals surface area (Å²) in [5.74, 6) is -1.18. The first-order valence-corrected chi connectivity index (χ1v) is 7.45. The summed E-state index contributed by atoms with van der Waals surface area (Å²) in [4.78, 5) is 28.6. The summed E-state index contributed by atoms with van der Waals surface area (Å²) in [5, 5.41) is 11.7. The van der Waals surface area contributed by atoms with Gasteiger partial charge in [-0.05, 0) is 5.56 Å². The predicted molar refractivity (Wildman–Crippen MR) is 79.9 cm³/mol. The average Bonchev–Trinajstić information content (AvgIpc) is 2.98. The first kappa shape index (κ1) is 15.2. The molecule has 2 aromatic rings. The van der Waals surface area contributed by atoms with Gasteiger partial charge in [-0.25, -0.2) is 4.98 Å². The first-order chi connectivity index (χ1) is 10.1. The Hall–Kier alpha value is -2.21. The second-order valence-corrected chi connectivity index (χ2v) is 5.53. The molecule has 0 aliphatic carbocycles. The van der Waals surface area contributed by atoms with Crippen LogP contribution in [0.1, 0.15) is 17.0 Å². The van der Waals surface area contributed by atoms with E-state index < -0.39 is 5.97 Å². The maximum absolute atomic E-state index is 12.2. The number of hydrogen-bond donors (Lipinski definition) is 1. The van der Waals surface area contributed by atoms with Gasteiger partial charge in [0.05, 0.1) is 5.01 Å². The number of nitrogens with zero attached hydrogens (tertiary/aromatic N) is 2. The van der Waals surface area contributed by atoms with E-state index in [1.54, 1.807) is 6.20 Å². The van der Waals surface area contributed by atoms with Crippen LogP contribution in [0.3, 0.4) is 0 Å². The first-order valence-electron chi connectivity index (χ1n) is 6.57. The van der Waals surface area contributed by atoms with Crippen LogP contribution in [0.25, 0.3) is 0 Å². The molecule has 0 spiro atoms. The fourth-order valence-electron chi connectivity index (χ4n) is 1.95. The minimum absolute atomic E-state index is 0.170. The van der Waals surface area contributed by atoms with Gasteiger partial charge in [0.15, 0.2) is 0 Å². The molecule has 0 bridgehead atoms. The summed E-state index contributed by atoms with van der Waals surface area (Å²) >= 11 is 1.50. The molecule has 110 valence electrons. The standard InChI is InChI=1S/C15H16N2O3S/c18-14(7-6-13-16-8-9-21-13)17(11-15(19)20)10-12-4-2-1-3-5-12/h1-5,8-9H,6-7,10-11H2,(H,19,20). The molecule has 5 nitrogen and oxygen atoms in total. The lowest BCUT2D eigenvalue weighted by atomic mass is 10.2. The lowest BCUT2D eigenvalue weighted by molar-refractivity contribution is -0.144. The van der Waals surface area contributed by atoms with Crippen LogP contribution >= 0.6 is 11.3 Å². The van der Waals surface area contributed by atoms with E-state index in [1.165, 1.54) is 16.2 Å². The van der Waals surface area contributed by atoms with E-state index in [0.717, 1.165) is 10.6 Å². The molecule has 1 amide bonds. The average molecular weight is 304 g/mol. The van der Waals surface area contributed by atoms with Gasteiger partial charge in [-0.1, -0.05) is 30.3 Å². The molecule has 0 unspecified atom stereocenters. The fraction of sp³-hybridized carbons (Fsp3) is 0.267. The molecular formula is C15H16N2O3S. The normalized spacial score (nSPS) is 10.3. The van der Waals surface area contributed by atoms with Crippen LogP contribution in [0.2, 0.25) is 0 Å². The summed E-state index contributed by atoms with van der Waals surface area (Å²) < 4.78 is 0. The van der Waals surface area contributed by atoms with Gasteiger partial charge in [0.2, 0.25) is 5.91 Å². The molecule has 2 rings (SSSR count). The quantitative estimate of drug-likeness (QED) is 0.851. The minimum Gasteiger partial charge on any atom is -0.480 e. The summed E-state index contributed by atoms with van der Waals surface area (Å²) in [6.07, 6.45) is 2.51. The van der Waals surface area contributed by atoms with Crippen molar-refractivity contribution in [2.75, 3.05) is 6.54 Å². The topological polar surface area (TPSA) is 70.5 Å². The Kier molecular flexibility index (Phi) is 5.45. The summed E-state index contributed by atoms with van der Waals surface area (Å²) in [6.45, 7) is 0.0233. The second kappa shape index (κ2) is 7.54. The molecule has 0 radical (unpaired) electrons. The third-order valence-corrected chi connectivity index (χ3v) is 3.77. The third kappa shape index (κ3) is 5.00. The van der Waals surface area contributed by atoms with Crippen molar-refractivity contribution in [3.63, 3.8) is 0 Å². The maximum atomic E-state index is 12.2. The number of aryl methyl sites for hydroxylation is 1. The Balaban J connectivity index is 1.97. The van der Waals surface area contributed by atoms with Gasteiger partial charge in [-0.3, -0.25) is 9.59 Å². The lowest BCUT2D eigenvalue weighted by Gasteiger charge is -2.20. The zero-order valence-corrected chi connectivity index (χ0v) is 12.3. The number of hydrogen-bond acceptors (Lipinski definition) is 4. The van der Waals surface area contributed by atoms with E-state index in [9.17, 15) is 9.59 Å². The van der Waals surface area contributed by atoms with Crippen LogP contribution in [-0.4, -0.2) is 33.4 Å². The van der Waals surface area contributed by atoms with Crippen molar-refractivity contribution in [2.24, 2.45) is 0 Å². The minimum atomic E-state index is -1.01. The van der Waals surface area contributed by atoms with Crippen LogP contribution < -0.4 is 0 Å². The van der Waals surface area contributed by atoms with Crippen LogP contribution in [0.15, 0.2) is 41.9 Å². The molecule has 0 aliphatic heterocycles. The van der Waals surface area contributed by atoms with Crippen molar-refractivity contribution >= 4 is 23.2 Å². The van der Waals surface area contributed by atoms with Crippen LogP contribution in [0.5, 0.6) is 0 Å². The van der Waals surface area contributed by atoms with Crippen molar-refractivity contribution in [3.05, 3.63) is 52.5 Å². The number of aliphatic carboxylic acids is 1. The molecule has 0 saturated heterocycles. The summed E-state index contributed by atoms with van der Waals surface area (Å²) in [7, 11) is 0. The number of benzene rings is 1. The van der Waals surface area contributed by atoms with Crippen molar-refractivity contribution in [3.8, 4) is 0 Å². The van der Waals surface area contributed by atoms with Crippen molar-refractivity contribution < 1.29 is 14.7 Å². The number of carbonyl (C=O) groups is 2. The molecule has 0 saturated carbocycles. The molecule has 1 aromatic carbocycles. The monoisotopic (exact) mass is 304 g/mol. The Morgan fingerprint density at radius 3 is 2.62 bits per heavy atom. The number of carboxylic acids is 1. The van der Waals surface area contributed by atoms with Gasteiger partial charge >= 0.3 is 5.97 Å². The SMILES string of the molecule is O=C(O)CN(Cc1ccccc1)C(=O)CCc1nccs1. The van der Waals surface area contributed by atoms with Gasteiger partial charge in [-0.2, -0.15) is 0 Å². The highest BCUT2D eigenvalue weighted by atomic mass is 32.1. The fourth-order valence-corrected chi connectivity index (χ4v) is 2.57. The molecule has 0 fully saturated rings. The molecule has 0 aliphatic rings. The van der Waals surface area contributed by atoms with Gasteiger partial charge in [0, 0.05) is 31.0 Å². The molecule has 1 aromatic heterocycles. The Morgan fingerprint density at radius 2 is 2.00 bits per heavy atom. The van der Waals surface area contributed by atoms with E-state index in [0.29, 0.717) is 13.0 Å². The summed E-state index contributed by atoms with van der Waals surface area (Å²) in [6, 6.07) is 9.38. The largest absolute Gasteiger partial charge is 0.480 e. The van der Waals surface area contributed by atoms with Gasteiger partial charge in [0.25, 0.3) is 0 Å². The molecule has 6 heteroatoms. The number of thiazole rings is 1. The predicted octanol–water partition coefficient (Wildman–Crippen LogP) is 2.19. The van der Waals surface area contributed by atoms with Gasteiger partial charge < -0.3 is 10.0 Å².